The SMILES string of the molecule is COc1ccc(-c2cc3c(=O)[nH]nc(SCC(=O)NCc4ccco4)n3n2)cc1OC. The summed E-state index contributed by atoms with van der Waals surface area (Å²) in [7, 11) is 3.10. The molecule has 3 aromatic heterocycles. The maximum atomic E-state index is 12.2. The van der Waals surface area contributed by atoms with Crippen LogP contribution in [-0.4, -0.2) is 45.7 Å². The molecule has 1 aromatic carbocycles. The van der Waals surface area contributed by atoms with Crippen LogP contribution >= 0.6 is 11.8 Å². The molecule has 0 saturated heterocycles. The normalized spacial score (nSPS) is 10.9. The van der Waals surface area contributed by atoms with Gasteiger partial charge in [0.15, 0.2) is 11.5 Å². The molecular formula is C20H19N5O5S. The molecule has 0 unspecified atom stereocenters. The zero-order chi connectivity index (χ0) is 21.8. The lowest BCUT2D eigenvalue weighted by Gasteiger charge is -2.08. The summed E-state index contributed by atoms with van der Waals surface area (Å²) >= 11 is 1.16. The van der Waals surface area contributed by atoms with Gasteiger partial charge in [-0.3, -0.25) is 9.59 Å². The van der Waals surface area contributed by atoms with Crippen molar-refractivity contribution in [3.8, 4) is 22.8 Å². The van der Waals surface area contributed by atoms with E-state index in [2.05, 4.69) is 20.6 Å². The van der Waals surface area contributed by atoms with Crippen LogP contribution in [-0.2, 0) is 11.3 Å². The summed E-state index contributed by atoms with van der Waals surface area (Å²) in [6.07, 6.45) is 1.55. The van der Waals surface area contributed by atoms with E-state index in [0.29, 0.717) is 40.2 Å². The molecule has 0 aliphatic rings. The third-order valence-electron chi connectivity index (χ3n) is 4.43. The Labute approximate surface area is 180 Å². The third kappa shape index (κ3) is 4.40. The molecule has 4 aromatic rings. The lowest BCUT2D eigenvalue weighted by Crippen LogP contribution is -2.24. The third-order valence-corrected chi connectivity index (χ3v) is 5.36. The van der Waals surface area contributed by atoms with Crippen LogP contribution in [0, 0.1) is 0 Å². The Balaban J connectivity index is 1.55. The number of fused-ring (bicyclic) bond motifs is 1. The number of hydrogen-bond donors (Lipinski definition) is 2. The monoisotopic (exact) mass is 441 g/mol. The van der Waals surface area contributed by atoms with E-state index in [1.54, 1.807) is 50.8 Å². The topological polar surface area (TPSA) is 124 Å². The molecule has 0 aliphatic carbocycles. The highest BCUT2D eigenvalue weighted by Gasteiger charge is 2.15. The van der Waals surface area contributed by atoms with E-state index in [4.69, 9.17) is 13.9 Å². The van der Waals surface area contributed by atoms with Crippen molar-refractivity contribution in [1.82, 2.24) is 25.1 Å². The number of aromatic amines is 1. The molecule has 0 aliphatic heterocycles. The van der Waals surface area contributed by atoms with Crippen LogP contribution in [0.25, 0.3) is 16.8 Å². The minimum Gasteiger partial charge on any atom is -0.493 e. The molecule has 4 rings (SSSR count). The highest BCUT2D eigenvalue weighted by Crippen LogP contribution is 2.32. The van der Waals surface area contributed by atoms with E-state index >= 15 is 0 Å². The maximum absolute atomic E-state index is 12.2. The van der Waals surface area contributed by atoms with E-state index in [1.165, 1.54) is 4.52 Å². The van der Waals surface area contributed by atoms with Crippen LogP contribution in [0.1, 0.15) is 5.76 Å². The first-order valence-electron chi connectivity index (χ1n) is 9.22. The Morgan fingerprint density at radius 2 is 2.06 bits per heavy atom. The van der Waals surface area contributed by atoms with Crippen LogP contribution in [0.4, 0.5) is 0 Å². The number of carbonyl (C=O) groups excluding carboxylic acids is 1. The van der Waals surface area contributed by atoms with E-state index in [0.717, 1.165) is 17.3 Å². The van der Waals surface area contributed by atoms with Gasteiger partial charge in [0.2, 0.25) is 11.1 Å². The molecule has 0 fully saturated rings. The number of amides is 1. The number of benzene rings is 1. The van der Waals surface area contributed by atoms with Gasteiger partial charge >= 0.3 is 0 Å². The number of carbonyl (C=O) groups is 1. The van der Waals surface area contributed by atoms with Crippen molar-refractivity contribution in [3.63, 3.8) is 0 Å². The zero-order valence-corrected chi connectivity index (χ0v) is 17.6. The van der Waals surface area contributed by atoms with Crippen LogP contribution in [0.5, 0.6) is 11.5 Å². The van der Waals surface area contributed by atoms with Crippen molar-refractivity contribution >= 4 is 23.2 Å². The highest BCUT2D eigenvalue weighted by molar-refractivity contribution is 7.99. The van der Waals surface area contributed by atoms with Gasteiger partial charge in [-0.2, -0.15) is 5.10 Å². The van der Waals surface area contributed by atoms with Crippen LogP contribution in [0.15, 0.2) is 57.0 Å². The number of ether oxygens (including phenoxy) is 2. The first-order valence-corrected chi connectivity index (χ1v) is 10.2. The lowest BCUT2D eigenvalue weighted by atomic mass is 10.1. The van der Waals surface area contributed by atoms with Crippen molar-refractivity contribution in [1.29, 1.82) is 0 Å². The molecule has 10 nitrogen and oxygen atoms in total. The summed E-state index contributed by atoms with van der Waals surface area (Å²) in [6.45, 7) is 0.298. The van der Waals surface area contributed by atoms with E-state index < -0.39 is 0 Å². The standard InChI is InChI=1S/C20H19N5O5S/c1-28-16-6-5-12(8-17(16)29-2)14-9-15-19(27)22-23-20(25(15)24-14)31-11-18(26)21-10-13-4-3-7-30-13/h3-9H,10-11H2,1-2H3,(H,21,26)(H,22,27). The van der Waals surface area contributed by atoms with Crippen molar-refractivity contribution < 1.29 is 18.7 Å². The van der Waals surface area contributed by atoms with Gasteiger partial charge in [-0.15, -0.1) is 5.10 Å². The number of thioether (sulfide) groups is 1. The molecule has 1 amide bonds. The first-order chi connectivity index (χ1) is 15.1. The molecule has 0 saturated carbocycles. The molecule has 31 heavy (non-hydrogen) atoms. The van der Waals surface area contributed by atoms with Crippen LogP contribution in [0.3, 0.4) is 0 Å². The predicted octanol–water partition coefficient (Wildman–Crippen LogP) is 2.10. The van der Waals surface area contributed by atoms with Gasteiger partial charge in [0.1, 0.15) is 11.3 Å². The van der Waals surface area contributed by atoms with Gasteiger partial charge < -0.3 is 19.2 Å². The molecule has 3 heterocycles. The minimum atomic E-state index is -0.383. The van der Waals surface area contributed by atoms with Gasteiger partial charge in [-0.25, -0.2) is 9.61 Å². The van der Waals surface area contributed by atoms with Crippen molar-refractivity contribution in [2.75, 3.05) is 20.0 Å². The van der Waals surface area contributed by atoms with Gasteiger partial charge in [-0.1, -0.05) is 11.8 Å². The molecule has 160 valence electrons. The number of furan rings is 1. The fourth-order valence-corrected chi connectivity index (χ4v) is 3.64. The van der Waals surface area contributed by atoms with Crippen LogP contribution < -0.4 is 20.3 Å². The van der Waals surface area contributed by atoms with Gasteiger partial charge in [-0.05, 0) is 36.4 Å². The van der Waals surface area contributed by atoms with Crippen molar-refractivity contribution in [3.05, 3.63) is 58.8 Å². The molecule has 0 bridgehead atoms. The number of nitrogens with one attached hydrogen (secondary N) is 2. The predicted molar refractivity (Wildman–Crippen MR) is 113 cm³/mol. The summed E-state index contributed by atoms with van der Waals surface area (Å²) in [4.78, 5) is 24.4. The molecule has 0 radical (unpaired) electrons. The summed E-state index contributed by atoms with van der Waals surface area (Å²) in [5, 5.41) is 14.1. The number of hydrogen-bond acceptors (Lipinski definition) is 8. The number of aromatic nitrogens is 4. The molecule has 0 spiro atoms. The summed E-state index contributed by atoms with van der Waals surface area (Å²) in [5.74, 6) is 1.70. The number of H-pyrrole nitrogens is 1. The zero-order valence-electron chi connectivity index (χ0n) is 16.7. The van der Waals surface area contributed by atoms with Gasteiger partial charge in [0.25, 0.3) is 5.56 Å². The molecule has 0 atom stereocenters. The van der Waals surface area contributed by atoms with Crippen molar-refractivity contribution in [2.24, 2.45) is 0 Å². The molecule has 2 N–H and O–H groups in total. The number of rotatable bonds is 8. The molecular weight excluding hydrogens is 422 g/mol. The Morgan fingerprint density at radius 1 is 1.23 bits per heavy atom. The van der Waals surface area contributed by atoms with Crippen molar-refractivity contribution in [2.45, 2.75) is 11.7 Å². The second kappa shape index (κ2) is 8.96. The minimum absolute atomic E-state index is 0.0976. The largest absolute Gasteiger partial charge is 0.493 e. The quantitative estimate of drug-likeness (QED) is 0.399. The summed E-state index contributed by atoms with van der Waals surface area (Å²) < 4.78 is 17.2. The Hall–Kier alpha value is -3.73. The average Bonchev–Trinajstić information content (AvgIpc) is 3.47. The maximum Gasteiger partial charge on any atom is 0.290 e. The Bertz CT molecular complexity index is 1260. The van der Waals surface area contributed by atoms with Crippen LogP contribution in [0.2, 0.25) is 0 Å². The highest BCUT2D eigenvalue weighted by atomic mass is 32.2. The summed E-state index contributed by atoms with van der Waals surface area (Å²) in [6, 6.07) is 10.5. The second-order valence-corrected chi connectivity index (χ2v) is 7.32. The summed E-state index contributed by atoms with van der Waals surface area (Å²) in [5.41, 5.74) is 1.24. The molecule has 11 heteroatoms. The second-order valence-electron chi connectivity index (χ2n) is 6.38. The van der Waals surface area contributed by atoms with E-state index in [9.17, 15) is 9.59 Å². The fraction of sp³-hybridized carbons (Fsp3) is 0.200. The number of nitrogens with zero attached hydrogens (tertiary/aromatic N) is 3. The van der Waals surface area contributed by atoms with E-state index in [1.807, 2.05) is 6.07 Å². The smallest absolute Gasteiger partial charge is 0.290 e. The Morgan fingerprint density at radius 3 is 2.81 bits per heavy atom. The fourth-order valence-electron chi connectivity index (χ4n) is 2.90. The Kier molecular flexibility index (Phi) is 5.94. The first kappa shape index (κ1) is 20.5. The van der Waals surface area contributed by atoms with Gasteiger partial charge in [0, 0.05) is 5.56 Å². The lowest BCUT2D eigenvalue weighted by molar-refractivity contribution is -0.118. The average molecular weight is 441 g/mol. The number of methoxy groups -OCH3 is 2. The van der Waals surface area contributed by atoms with E-state index in [-0.39, 0.29) is 17.2 Å². The van der Waals surface area contributed by atoms with Gasteiger partial charge in [0.05, 0.1) is 38.5 Å².